The van der Waals surface area contributed by atoms with Gasteiger partial charge in [-0.1, -0.05) is 24.3 Å². The summed E-state index contributed by atoms with van der Waals surface area (Å²) in [4.78, 5) is 33.4. The number of carbonyl (C=O) groups excluding carboxylic acids is 2. The summed E-state index contributed by atoms with van der Waals surface area (Å²) >= 11 is 0. The van der Waals surface area contributed by atoms with Crippen molar-refractivity contribution < 1.29 is 9.59 Å². The lowest BCUT2D eigenvalue weighted by Gasteiger charge is -2.28. The van der Waals surface area contributed by atoms with Crippen LogP contribution >= 0.6 is 0 Å². The van der Waals surface area contributed by atoms with E-state index in [1.54, 1.807) is 29.4 Å². The molecule has 3 aromatic rings. The molecule has 24 heavy (non-hydrogen) atoms. The summed E-state index contributed by atoms with van der Waals surface area (Å²) in [5.74, 6) is -1.12. The van der Waals surface area contributed by atoms with E-state index in [1.165, 1.54) is 5.56 Å². The predicted molar refractivity (Wildman–Crippen MR) is 90.3 cm³/mol. The van der Waals surface area contributed by atoms with Gasteiger partial charge >= 0.3 is 11.8 Å². The summed E-state index contributed by atoms with van der Waals surface area (Å²) in [6.45, 7) is 1.03. The van der Waals surface area contributed by atoms with Crippen molar-refractivity contribution in [1.29, 1.82) is 0 Å². The molecule has 6 nitrogen and oxygen atoms in total. The number of nitrogens with zero attached hydrogens (tertiary/aromatic N) is 2. The molecule has 2 heterocycles. The van der Waals surface area contributed by atoms with E-state index in [4.69, 9.17) is 0 Å². The molecule has 2 amide bonds. The predicted octanol–water partition coefficient (Wildman–Crippen LogP) is 2.09. The second-order valence-electron chi connectivity index (χ2n) is 5.83. The van der Waals surface area contributed by atoms with Gasteiger partial charge in [-0.05, 0) is 35.7 Å². The number of hydrogen-bond donors (Lipinski definition) is 2. The number of hydrogen-bond acceptors (Lipinski definition) is 3. The molecule has 0 radical (unpaired) electrons. The van der Waals surface area contributed by atoms with E-state index in [0.717, 1.165) is 23.0 Å². The van der Waals surface area contributed by atoms with Gasteiger partial charge in [-0.2, -0.15) is 0 Å². The first-order valence-electron chi connectivity index (χ1n) is 7.81. The minimum absolute atomic E-state index is 0.474. The minimum atomic E-state index is -0.617. The third-order valence-electron chi connectivity index (χ3n) is 4.29. The number of nitrogens with one attached hydrogen (secondary N) is 2. The molecule has 0 aliphatic carbocycles. The molecule has 1 aliphatic rings. The van der Waals surface area contributed by atoms with Crippen molar-refractivity contribution in [2.45, 2.75) is 13.0 Å². The Hall–Kier alpha value is -3.15. The van der Waals surface area contributed by atoms with Crippen molar-refractivity contribution in [2.24, 2.45) is 0 Å². The lowest BCUT2D eigenvalue weighted by molar-refractivity contribution is -0.143. The van der Waals surface area contributed by atoms with E-state index in [0.29, 0.717) is 18.8 Å². The highest BCUT2D eigenvalue weighted by atomic mass is 16.2. The summed E-state index contributed by atoms with van der Waals surface area (Å²) in [5, 5.41) is 2.67. The van der Waals surface area contributed by atoms with Crippen LogP contribution in [0.2, 0.25) is 0 Å². The maximum atomic E-state index is 12.4. The van der Waals surface area contributed by atoms with Crippen molar-refractivity contribution in [1.82, 2.24) is 14.9 Å². The maximum absolute atomic E-state index is 12.4. The van der Waals surface area contributed by atoms with Crippen LogP contribution in [0.4, 0.5) is 5.69 Å². The number of rotatable bonds is 1. The van der Waals surface area contributed by atoms with Crippen molar-refractivity contribution in [3.63, 3.8) is 0 Å². The number of anilines is 1. The van der Waals surface area contributed by atoms with Gasteiger partial charge in [-0.15, -0.1) is 0 Å². The number of imidazole rings is 1. The average molecular weight is 320 g/mol. The molecule has 2 aromatic carbocycles. The lowest BCUT2D eigenvalue weighted by Crippen LogP contribution is -2.42. The standard InChI is InChI=1S/C18H16N4O2/c23-17(21-14-5-6-15-16(9-14)20-11-19-15)18(24)22-8-7-12-3-1-2-4-13(12)10-22/h1-6,9,11H,7-8,10H2,(H,19,20)(H,21,23). The Morgan fingerprint density at radius 1 is 1.12 bits per heavy atom. The molecular weight excluding hydrogens is 304 g/mol. The molecule has 120 valence electrons. The van der Waals surface area contributed by atoms with Crippen LogP contribution in [0.3, 0.4) is 0 Å². The second kappa shape index (κ2) is 5.81. The molecule has 0 spiro atoms. The van der Waals surface area contributed by atoms with E-state index < -0.39 is 11.8 Å². The number of amides is 2. The number of carbonyl (C=O) groups is 2. The molecule has 0 fully saturated rings. The molecule has 6 heteroatoms. The molecule has 0 atom stereocenters. The van der Waals surface area contributed by atoms with Crippen molar-refractivity contribution in [3.8, 4) is 0 Å². The summed E-state index contributed by atoms with van der Waals surface area (Å²) in [5.41, 5.74) is 4.54. The van der Waals surface area contributed by atoms with Crippen LogP contribution in [0.1, 0.15) is 11.1 Å². The number of fused-ring (bicyclic) bond motifs is 2. The van der Waals surface area contributed by atoms with Gasteiger partial charge in [0.1, 0.15) is 0 Å². The second-order valence-corrected chi connectivity index (χ2v) is 5.83. The third kappa shape index (κ3) is 2.62. The molecule has 0 unspecified atom stereocenters. The van der Waals surface area contributed by atoms with Crippen molar-refractivity contribution in [3.05, 3.63) is 59.9 Å². The zero-order valence-electron chi connectivity index (χ0n) is 13.0. The zero-order valence-corrected chi connectivity index (χ0v) is 13.0. The quantitative estimate of drug-likeness (QED) is 0.674. The van der Waals surface area contributed by atoms with Crippen LogP contribution in [0.5, 0.6) is 0 Å². The van der Waals surface area contributed by atoms with Gasteiger partial charge in [0, 0.05) is 18.8 Å². The fraction of sp³-hybridized carbons (Fsp3) is 0.167. The van der Waals surface area contributed by atoms with Crippen LogP contribution in [-0.4, -0.2) is 33.2 Å². The van der Waals surface area contributed by atoms with Crippen molar-refractivity contribution >= 4 is 28.5 Å². The first-order chi connectivity index (χ1) is 11.7. The Labute approximate surface area is 138 Å². The molecule has 2 N–H and O–H groups in total. The summed E-state index contributed by atoms with van der Waals surface area (Å²) in [7, 11) is 0. The van der Waals surface area contributed by atoms with Crippen LogP contribution < -0.4 is 5.32 Å². The number of aromatic nitrogens is 2. The molecule has 1 aromatic heterocycles. The third-order valence-corrected chi connectivity index (χ3v) is 4.29. The van der Waals surface area contributed by atoms with Crippen molar-refractivity contribution in [2.75, 3.05) is 11.9 Å². The fourth-order valence-corrected chi connectivity index (χ4v) is 3.01. The first-order valence-corrected chi connectivity index (χ1v) is 7.81. The normalized spacial score (nSPS) is 13.6. The van der Waals surface area contributed by atoms with Gasteiger partial charge in [0.05, 0.1) is 17.4 Å². The summed E-state index contributed by atoms with van der Waals surface area (Å²) in [6, 6.07) is 13.3. The Kier molecular flexibility index (Phi) is 3.49. The van der Waals surface area contributed by atoms with Gasteiger partial charge < -0.3 is 15.2 Å². The fourth-order valence-electron chi connectivity index (χ4n) is 3.01. The van der Waals surface area contributed by atoms with Gasteiger partial charge in [0.2, 0.25) is 0 Å². The highest BCUT2D eigenvalue weighted by Gasteiger charge is 2.25. The smallest absolute Gasteiger partial charge is 0.313 e. The maximum Gasteiger partial charge on any atom is 0.313 e. The van der Waals surface area contributed by atoms with E-state index in [-0.39, 0.29) is 0 Å². The number of aromatic amines is 1. The van der Waals surface area contributed by atoms with Crippen LogP contribution in [0.15, 0.2) is 48.8 Å². The van der Waals surface area contributed by atoms with E-state index in [9.17, 15) is 9.59 Å². The molecule has 0 saturated carbocycles. The van der Waals surface area contributed by atoms with Crippen LogP contribution in [0.25, 0.3) is 11.0 Å². The molecule has 4 rings (SSSR count). The highest BCUT2D eigenvalue weighted by molar-refractivity contribution is 6.39. The van der Waals surface area contributed by atoms with Gasteiger partial charge in [0.15, 0.2) is 0 Å². The van der Waals surface area contributed by atoms with Gasteiger partial charge in [0.25, 0.3) is 0 Å². The topological polar surface area (TPSA) is 78.1 Å². The van der Waals surface area contributed by atoms with E-state index in [2.05, 4.69) is 21.4 Å². The minimum Gasteiger partial charge on any atom is -0.345 e. The van der Waals surface area contributed by atoms with Crippen LogP contribution in [0, 0.1) is 0 Å². The first kappa shape index (κ1) is 14.4. The zero-order chi connectivity index (χ0) is 16.5. The van der Waals surface area contributed by atoms with E-state index >= 15 is 0 Å². The number of benzene rings is 2. The number of H-pyrrole nitrogens is 1. The molecule has 0 saturated heterocycles. The molecular formula is C18H16N4O2. The molecule has 1 aliphatic heterocycles. The Bertz CT molecular complexity index is 931. The Balaban J connectivity index is 1.47. The Morgan fingerprint density at radius 3 is 2.83 bits per heavy atom. The summed E-state index contributed by atoms with van der Waals surface area (Å²) in [6.07, 6.45) is 2.36. The molecule has 0 bridgehead atoms. The van der Waals surface area contributed by atoms with Crippen LogP contribution in [-0.2, 0) is 22.6 Å². The lowest BCUT2D eigenvalue weighted by atomic mass is 10.00. The summed E-state index contributed by atoms with van der Waals surface area (Å²) < 4.78 is 0. The van der Waals surface area contributed by atoms with Gasteiger partial charge in [-0.3, -0.25) is 9.59 Å². The van der Waals surface area contributed by atoms with Gasteiger partial charge in [-0.25, -0.2) is 4.98 Å². The SMILES string of the molecule is O=C(Nc1ccc2nc[nH]c2c1)C(=O)N1CCc2ccccc2C1. The highest BCUT2D eigenvalue weighted by Crippen LogP contribution is 2.19. The average Bonchev–Trinajstić information content (AvgIpc) is 3.08. The van der Waals surface area contributed by atoms with E-state index in [1.807, 2.05) is 18.2 Å². The Morgan fingerprint density at radius 2 is 1.96 bits per heavy atom. The monoisotopic (exact) mass is 320 g/mol. The largest absolute Gasteiger partial charge is 0.345 e.